The molecule has 0 aromatic heterocycles. The van der Waals surface area contributed by atoms with Crippen LogP contribution in [0.3, 0.4) is 0 Å². The highest BCUT2D eigenvalue weighted by atomic mass is 32.2. The predicted molar refractivity (Wildman–Crippen MR) is 106 cm³/mol. The van der Waals surface area contributed by atoms with E-state index in [1.165, 1.54) is 6.07 Å². The van der Waals surface area contributed by atoms with E-state index in [0.29, 0.717) is 18.7 Å². The van der Waals surface area contributed by atoms with Gasteiger partial charge in [0.05, 0.1) is 19.1 Å². The zero-order valence-corrected chi connectivity index (χ0v) is 17.0. The second-order valence-corrected chi connectivity index (χ2v) is 8.52. The number of hydrogen-bond acceptors (Lipinski definition) is 5. The summed E-state index contributed by atoms with van der Waals surface area (Å²) in [6, 6.07) is 12.0. The van der Waals surface area contributed by atoms with Crippen LogP contribution in [0.15, 0.2) is 47.4 Å². The molecule has 2 aromatic rings. The number of benzene rings is 2. The Morgan fingerprint density at radius 1 is 1.11 bits per heavy atom. The molecular formula is C20H24N2O5S. The van der Waals surface area contributed by atoms with Gasteiger partial charge < -0.3 is 14.4 Å². The van der Waals surface area contributed by atoms with Gasteiger partial charge in [-0.3, -0.25) is 4.79 Å². The fourth-order valence-electron chi connectivity index (χ4n) is 3.26. The number of nitrogens with one attached hydrogen (secondary N) is 1. The first-order valence-electron chi connectivity index (χ1n) is 8.93. The summed E-state index contributed by atoms with van der Waals surface area (Å²) in [6.45, 7) is 2.46. The van der Waals surface area contributed by atoms with Crippen molar-refractivity contribution in [3.63, 3.8) is 0 Å². The molecule has 28 heavy (non-hydrogen) atoms. The van der Waals surface area contributed by atoms with E-state index in [9.17, 15) is 13.2 Å². The Kier molecular flexibility index (Phi) is 5.90. The number of carbonyl (C=O) groups is 1. The number of amides is 1. The highest BCUT2D eigenvalue weighted by Crippen LogP contribution is 2.27. The molecule has 1 atom stereocenters. The van der Waals surface area contributed by atoms with Crippen molar-refractivity contribution >= 4 is 21.6 Å². The largest absolute Gasteiger partial charge is 0.497 e. The smallest absolute Gasteiger partial charge is 0.240 e. The molecule has 2 aromatic carbocycles. The van der Waals surface area contributed by atoms with E-state index in [0.717, 1.165) is 17.0 Å². The quantitative estimate of drug-likeness (QED) is 0.766. The van der Waals surface area contributed by atoms with Crippen molar-refractivity contribution < 1.29 is 22.7 Å². The van der Waals surface area contributed by atoms with Crippen molar-refractivity contribution in [2.24, 2.45) is 5.92 Å². The van der Waals surface area contributed by atoms with Crippen LogP contribution in [0, 0.1) is 12.8 Å². The van der Waals surface area contributed by atoms with Gasteiger partial charge in [-0.05, 0) is 60.9 Å². The van der Waals surface area contributed by atoms with E-state index in [1.807, 2.05) is 12.1 Å². The lowest BCUT2D eigenvalue weighted by atomic mass is 10.1. The van der Waals surface area contributed by atoms with Crippen LogP contribution in [0.4, 0.5) is 5.69 Å². The fourth-order valence-corrected chi connectivity index (χ4v) is 4.46. The number of ether oxygens (including phenoxy) is 2. The molecule has 8 heteroatoms. The molecule has 1 aliphatic rings. The van der Waals surface area contributed by atoms with Crippen LogP contribution in [-0.4, -0.2) is 41.6 Å². The van der Waals surface area contributed by atoms with Crippen LogP contribution in [0.2, 0.25) is 0 Å². The fraction of sp³-hybridized carbons (Fsp3) is 0.350. The van der Waals surface area contributed by atoms with Crippen molar-refractivity contribution in [3.8, 4) is 11.5 Å². The molecule has 1 fully saturated rings. The lowest BCUT2D eigenvalue weighted by molar-refractivity contribution is -0.117. The van der Waals surface area contributed by atoms with Gasteiger partial charge in [-0.25, -0.2) is 13.1 Å². The summed E-state index contributed by atoms with van der Waals surface area (Å²) < 4.78 is 38.1. The normalized spacial score (nSPS) is 17.0. The first kappa shape index (κ1) is 20.2. The molecule has 1 heterocycles. The van der Waals surface area contributed by atoms with Crippen molar-refractivity contribution in [2.75, 3.05) is 32.2 Å². The van der Waals surface area contributed by atoms with Gasteiger partial charge in [0.25, 0.3) is 0 Å². The van der Waals surface area contributed by atoms with Gasteiger partial charge in [-0.15, -0.1) is 0 Å². The van der Waals surface area contributed by atoms with Crippen molar-refractivity contribution in [1.82, 2.24) is 4.72 Å². The maximum atomic E-state index is 12.6. The zero-order chi connectivity index (χ0) is 20.3. The third-order valence-electron chi connectivity index (χ3n) is 4.83. The van der Waals surface area contributed by atoms with E-state index in [-0.39, 0.29) is 23.3 Å². The summed E-state index contributed by atoms with van der Waals surface area (Å²) in [5.41, 5.74) is 1.52. The van der Waals surface area contributed by atoms with Gasteiger partial charge in [0, 0.05) is 25.2 Å². The number of sulfonamides is 1. The summed E-state index contributed by atoms with van der Waals surface area (Å²) in [5, 5.41) is 0. The maximum Gasteiger partial charge on any atom is 0.240 e. The number of rotatable bonds is 7. The molecule has 150 valence electrons. The minimum Gasteiger partial charge on any atom is -0.497 e. The molecule has 1 aliphatic heterocycles. The second kappa shape index (κ2) is 8.20. The Morgan fingerprint density at radius 3 is 2.43 bits per heavy atom. The Hall–Kier alpha value is -2.58. The molecule has 1 N–H and O–H groups in total. The first-order chi connectivity index (χ1) is 13.3. The molecule has 0 unspecified atom stereocenters. The van der Waals surface area contributed by atoms with Gasteiger partial charge in [-0.2, -0.15) is 0 Å². The van der Waals surface area contributed by atoms with Crippen molar-refractivity contribution in [2.45, 2.75) is 18.2 Å². The van der Waals surface area contributed by atoms with Crippen molar-refractivity contribution in [3.05, 3.63) is 48.0 Å². The lowest BCUT2D eigenvalue weighted by Crippen LogP contribution is -2.31. The number of carbonyl (C=O) groups excluding carboxylic acids is 1. The molecule has 7 nitrogen and oxygen atoms in total. The Bertz CT molecular complexity index is 957. The highest BCUT2D eigenvalue weighted by Gasteiger charge is 2.31. The SMILES string of the molecule is COc1ccc(N2C[C@H](CNS(=O)(=O)c3ccc(OC)c(C)c3)CC2=O)cc1. The molecule has 3 rings (SSSR count). The number of nitrogens with zero attached hydrogens (tertiary/aromatic N) is 1. The number of anilines is 1. The first-order valence-corrected chi connectivity index (χ1v) is 10.4. The molecule has 1 saturated heterocycles. The van der Waals surface area contributed by atoms with Gasteiger partial charge in [-0.1, -0.05) is 0 Å². The third-order valence-corrected chi connectivity index (χ3v) is 6.25. The minimum absolute atomic E-state index is 0.0188. The maximum absolute atomic E-state index is 12.6. The van der Waals surface area contributed by atoms with Crippen LogP contribution < -0.4 is 19.1 Å². The van der Waals surface area contributed by atoms with E-state index >= 15 is 0 Å². The average molecular weight is 404 g/mol. The van der Waals surface area contributed by atoms with E-state index in [4.69, 9.17) is 9.47 Å². The summed E-state index contributed by atoms with van der Waals surface area (Å²) >= 11 is 0. The van der Waals surface area contributed by atoms with Crippen LogP contribution in [0.5, 0.6) is 11.5 Å². The molecule has 0 radical (unpaired) electrons. The van der Waals surface area contributed by atoms with Crippen LogP contribution in [-0.2, 0) is 14.8 Å². The van der Waals surface area contributed by atoms with E-state index in [2.05, 4.69) is 4.72 Å². The second-order valence-electron chi connectivity index (χ2n) is 6.76. The molecule has 0 saturated carbocycles. The topological polar surface area (TPSA) is 84.9 Å². The molecule has 0 spiro atoms. The van der Waals surface area contributed by atoms with Crippen LogP contribution >= 0.6 is 0 Å². The summed E-state index contributed by atoms with van der Waals surface area (Å²) in [4.78, 5) is 14.2. The third kappa shape index (κ3) is 4.28. The van der Waals surface area contributed by atoms with Gasteiger partial charge in [0.15, 0.2) is 0 Å². The number of aryl methyl sites for hydroxylation is 1. The molecule has 0 aliphatic carbocycles. The Morgan fingerprint density at radius 2 is 1.82 bits per heavy atom. The molecule has 0 bridgehead atoms. The minimum atomic E-state index is -3.66. The highest BCUT2D eigenvalue weighted by molar-refractivity contribution is 7.89. The zero-order valence-electron chi connectivity index (χ0n) is 16.1. The van der Waals surface area contributed by atoms with E-state index < -0.39 is 10.0 Å². The van der Waals surface area contributed by atoms with Crippen molar-refractivity contribution in [1.29, 1.82) is 0 Å². The summed E-state index contributed by atoms with van der Waals surface area (Å²) in [5.74, 6) is 1.24. The number of hydrogen-bond donors (Lipinski definition) is 1. The standard InChI is InChI=1S/C20H24N2O5S/c1-14-10-18(8-9-19(14)27-3)28(24,25)21-12-15-11-20(23)22(13-15)16-4-6-17(26-2)7-5-16/h4-10,15,21H,11-13H2,1-3H3/t15-/m0/s1. The predicted octanol–water partition coefficient (Wildman–Crippen LogP) is 2.34. The Balaban J connectivity index is 1.64. The van der Waals surface area contributed by atoms with Gasteiger partial charge in [0.1, 0.15) is 11.5 Å². The van der Waals surface area contributed by atoms with Crippen LogP contribution in [0.25, 0.3) is 0 Å². The average Bonchev–Trinajstić information content (AvgIpc) is 3.07. The van der Waals surface area contributed by atoms with E-state index in [1.54, 1.807) is 50.3 Å². The lowest BCUT2D eigenvalue weighted by Gasteiger charge is -2.17. The van der Waals surface area contributed by atoms with Crippen LogP contribution in [0.1, 0.15) is 12.0 Å². The summed E-state index contributed by atoms with van der Waals surface area (Å²) in [6.07, 6.45) is 0.302. The molecule has 1 amide bonds. The summed E-state index contributed by atoms with van der Waals surface area (Å²) in [7, 11) is -0.528. The molecular weight excluding hydrogens is 380 g/mol. The van der Waals surface area contributed by atoms with Gasteiger partial charge >= 0.3 is 0 Å². The Labute approximate surface area is 165 Å². The number of methoxy groups -OCH3 is 2. The monoisotopic (exact) mass is 404 g/mol. The van der Waals surface area contributed by atoms with Gasteiger partial charge in [0.2, 0.25) is 15.9 Å².